The third-order valence-electron chi connectivity index (χ3n) is 2.73. The van der Waals surface area contributed by atoms with E-state index in [9.17, 15) is 4.79 Å². The summed E-state index contributed by atoms with van der Waals surface area (Å²) in [6.07, 6.45) is 1.80. The van der Waals surface area contributed by atoms with Gasteiger partial charge in [0.15, 0.2) is 6.61 Å². The predicted octanol–water partition coefficient (Wildman–Crippen LogP) is 1.09. The molecule has 5 heteroatoms. The number of hydrogen-bond acceptors (Lipinski definition) is 4. The van der Waals surface area contributed by atoms with Gasteiger partial charge < -0.3 is 15.2 Å². The van der Waals surface area contributed by atoms with Crippen LogP contribution < -0.4 is 10.5 Å². The van der Waals surface area contributed by atoms with Gasteiger partial charge in [0.2, 0.25) is 0 Å². The van der Waals surface area contributed by atoms with E-state index in [2.05, 4.69) is 4.74 Å². The third kappa shape index (κ3) is 3.35. The van der Waals surface area contributed by atoms with Gasteiger partial charge >= 0.3 is 5.97 Å². The number of hydrogen-bond donors (Lipinski definition) is 1. The van der Waals surface area contributed by atoms with E-state index in [0.717, 1.165) is 12.8 Å². The molecule has 0 aliphatic heterocycles. The second kappa shape index (κ2) is 5.89. The van der Waals surface area contributed by atoms with Gasteiger partial charge in [-0.3, -0.25) is 0 Å². The number of fused-ring (bicyclic) bond motifs is 1. The van der Waals surface area contributed by atoms with Gasteiger partial charge in [-0.25, -0.2) is 4.79 Å². The van der Waals surface area contributed by atoms with E-state index in [1.54, 1.807) is 0 Å². The van der Waals surface area contributed by atoms with Gasteiger partial charge in [0.25, 0.3) is 0 Å². The first-order valence-electron chi connectivity index (χ1n) is 5.26. The lowest BCUT2D eigenvalue weighted by Gasteiger charge is -2.06. The lowest BCUT2D eigenvalue weighted by atomic mass is 10.1. The van der Waals surface area contributed by atoms with Gasteiger partial charge in [-0.15, -0.1) is 12.4 Å². The Kier molecular flexibility index (Phi) is 4.78. The molecule has 2 rings (SSSR count). The van der Waals surface area contributed by atoms with Crippen LogP contribution in [0.4, 0.5) is 0 Å². The number of methoxy groups -OCH3 is 1. The first kappa shape index (κ1) is 13.8. The fraction of sp³-hybridized carbons (Fsp3) is 0.417. The van der Waals surface area contributed by atoms with Crippen LogP contribution >= 0.6 is 12.4 Å². The van der Waals surface area contributed by atoms with Crippen LogP contribution in [0.3, 0.4) is 0 Å². The lowest BCUT2D eigenvalue weighted by molar-refractivity contribution is -0.142. The van der Waals surface area contributed by atoms with Crippen molar-refractivity contribution in [2.45, 2.75) is 18.9 Å². The molecule has 1 atom stereocenters. The molecule has 1 unspecified atom stereocenters. The predicted molar refractivity (Wildman–Crippen MR) is 66.6 cm³/mol. The van der Waals surface area contributed by atoms with E-state index in [1.807, 2.05) is 18.2 Å². The molecule has 0 aromatic heterocycles. The summed E-state index contributed by atoms with van der Waals surface area (Å²) in [4.78, 5) is 10.9. The van der Waals surface area contributed by atoms with E-state index in [0.29, 0.717) is 5.75 Å². The minimum absolute atomic E-state index is 0. The highest BCUT2D eigenvalue weighted by Gasteiger charge is 2.18. The Bertz CT molecular complexity index is 409. The van der Waals surface area contributed by atoms with Crippen LogP contribution in [0.2, 0.25) is 0 Å². The minimum atomic E-state index is -0.378. The van der Waals surface area contributed by atoms with Crippen LogP contribution in [0, 0.1) is 0 Å². The van der Waals surface area contributed by atoms with Gasteiger partial charge in [-0.1, -0.05) is 6.07 Å². The maximum Gasteiger partial charge on any atom is 0.343 e. The van der Waals surface area contributed by atoms with E-state index in [4.69, 9.17) is 10.5 Å². The van der Waals surface area contributed by atoms with E-state index in [1.165, 1.54) is 18.2 Å². The summed E-state index contributed by atoms with van der Waals surface area (Å²) < 4.78 is 9.80. The Hall–Kier alpha value is -1.26. The number of ether oxygens (including phenoxy) is 2. The monoisotopic (exact) mass is 257 g/mol. The molecule has 4 nitrogen and oxygen atoms in total. The van der Waals surface area contributed by atoms with Crippen molar-refractivity contribution in [3.05, 3.63) is 29.3 Å². The molecule has 0 fully saturated rings. The number of carbonyl (C=O) groups is 1. The molecule has 0 saturated heterocycles. The standard InChI is InChI=1S/C12H15NO3.ClH/c1-15-12(14)7-16-11-3-2-8-4-10(13)5-9(8)6-11;/h2-3,6,10H,4-5,7,13H2,1H3;1H. The third-order valence-corrected chi connectivity index (χ3v) is 2.73. The van der Waals surface area contributed by atoms with Crippen molar-refractivity contribution in [1.82, 2.24) is 0 Å². The van der Waals surface area contributed by atoms with E-state index in [-0.39, 0.29) is 31.0 Å². The SMILES string of the molecule is COC(=O)COc1ccc2c(c1)CC(N)C2.Cl. The Morgan fingerprint density at radius 2 is 2.12 bits per heavy atom. The zero-order valence-electron chi connectivity index (χ0n) is 9.64. The summed E-state index contributed by atoms with van der Waals surface area (Å²) in [5.74, 6) is 0.315. The molecule has 17 heavy (non-hydrogen) atoms. The summed E-state index contributed by atoms with van der Waals surface area (Å²) in [6.45, 7) is -0.0542. The first-order chi connectivity index (χ1) is 7.69. The van der Waals surface area contributed by atoms with Crippen molar-refractivity contribution in [2.24, 2.45) is 5.73 Å². The molecule has 0 amide bonds. The van der Waals surface area contributed by atoms with Crippen molar-refractivity contribution < 1.29 is 14.3 Å². The van der Waals surface area contributed by atoms with Crippen LogP contribution in [0.25, 0.3) is 0 Å². The topological polar surface area (TPSA) is 61.5 Å². The zero-order valence-corrected chi connectivity index (χ0v) is 10.5. The molecule has 0 bridgehead atoms. The Morgan fingerprint density at radius 1 is 1.41 bits per heavy atom. The number of esters is 1. The Labute approximate surface area is 106 Å². The second-order valence-electron chi connectivity index (χ2n) is 3.96. The molecule has 1 aromatic rings. The van der Waals surface area contributed by atoms with Gasteiger partial charge in [0.05, 0.1) is 7.11 Å². The molecule has 2 N–H and O–H groups in total. The fourth-order valence-electron chi connectivity index (χ4n) is 1.92. The number of halogens is 1. The summed E-state index contributed by atoms with van der Waals surface area (Å²) >= 11 is 0. The summed E-state index contributed by atoms with van der Waals surface area (Å²) in [5, 5.41) is 0. The van der Waals surface area contributed by atoms with Crippen molar-refractivity contribution in [1.29, 1.82) is 0 Å². The lowest BCUT2D eigenvalue weighted by Crippen LogP contribution is -2.19. The van der Waals surface area contributed by atoms with Crippen LogP contribution in [0.15, 0.2) is 18.2 Å². The quantitative estimate of drug-likeness (QED) is 0.824. The Balaban J connectivity index is 0.00000144. The highest BCUT2D eigenvalue weighted by atomic mass is 35.5. The highest BCUT2D eigenvalue weighted by Crippen LogP contribution is 2.25. The maximum absolute atomic E-state index is 10.9. The number of carbonyl (C=O) groups excluding carboxylic acids is 1. The maximum atomic E-state index is 10.9. The first-order valence-corrected chi connectivity index (χ1v) is 5.26. The average Bonchev–Trinajstić information content (AvgIpc) is 2.65. The van der Waals surface area contributed by atoms with Crippen molar-refractivity contribution >= 4 is 18.4 Å². The molecule has 0 radical (unpaired) electrons. The largest absolute Gasteiger partial charge is 0.482 e. The molecule has 1 aromatic carbocycles. The van der Waals surface area contributed by atoms with Crippen molar-refractivity contribution in [3.8, 4) is 5.75 Å². The van der Waals surface area contributed by atoms with Gasteiger partial charge in [-0.05, 0) is 36.1 Å². The average molecular weight is 258 g/mol. The van der Waals surface area contributed by atoms with Crippen LogP contribution in [-0.2, 0) is 22.4 Å². The van der Waals surface area contributed by atoms with Crippen molar-refractivity contribution in [2.75, 3.05) is 13.7 Å². The molecular formula is C12H16ClNO3. The number of nitrogens with two attached hydrogens (primary N) is 1. The van der Waals surface area contributed by atoms with Crippen LogP contribution in [0.5, 0.6) is 5.75 Å². The number of rotatable bonds is 3. The summed E-state index contributed by atoms with van der Waals surface area (Å²) in [6, 6.07) is 6.03. The van der Waals surface area contributed by atoms with Crippen LogP contribution in [0.1, 0.15) is 11.1 Å². The molecule has 1 aliphatic rings. The molecule has 0 heterocycles. The van der Waals surface area contributed by atoms with Gasteiger partial charge in [0.1, 0.15) is 5.75 Å². The number of benzene rings is 1. The molecule has 94 valence electrons. The van der Waals surface area contributed by atoms with Gasteiger partial charge in [-0.2, -0.15) is 0 Å². The molecule has 0 spiro atoms. The smallest absolute Gasteiger partial charge is 0.343 e. The molecular weight excluding hydrogens is 242 g/mol. The zero-order chi connectivity index (χ0) is 11.5. The van der Waals surface area contributed by atoms with E-state index >= 15 is 0 Å². The highest BCUT2D eigenvalue weighted by molar-refractivity contribution is 5.85. The van der Waals surface area contributed by atoms with Crippen molar-refractivity contribution in [3.63, 3.8) is 0 Å². The molecule has 0 saturated carbocycles. The summed E-state index contributed by atoms with van der Waals surface area (Å²) in [5.41, 5.74) is 8.36. The second-order valence-corrected chi connectivity index (χ2v) is 3.96. The van der Waals surface area contributed by atoms with Gasteiger partial charge in [0, 0.05) is 6.04 Å². The fourth-order valence-corrected chi connectivity index (χ4v) is 1.92. The van der Waals surface area contributed by atoms with E-state index < -0.39 is 0 Å². The molecule has 1 aliphatic carbocycles. The van der Waals surface area contributed by atoms with Crippen LogP contribution in [-0.4, -0.2) is 25.7 Å². The Morgan fingerprint density at radius 3 is 2.82 bits per heavy atom. The normalized spacial score (nSPS) is 16.9. The minimum Gasteiger partial charge on any atom is -0.482 e. The summed E-state index contributed by atoms with van der Waals surface area (Å²) in [7, 11) is 1.34.